The number of halogens is 1. The Kier molecular flexibility index (Phi) is 7.95. The van der Waals surface area contributed by atoms with Crippen LogP contribution in [0, 0.1) is 0 Å². The zero-order valence-electron chi connectivity index (χ0n) is 22.1. The standard InChI is InChI=1S/C30H27ClN2O6S/c1-4-14-39-22-13-8-18(15-23(22)38-5-2)26-25(27(34)17-6-10-20(37-3)11-7-17)28(35)29(36)33(26)30-32-21-12-9-19(31)16-24(21)40-30/h6-13,15-16,26,34H,4-5,14H2,1-3H3/b27-25+. The van der Waals surface area contributed by atoms with E-state index in [4.69, 9.17) is 25.8 Å². The van der Waals surface area contributed by atoms with Crippen molar-refractivity contribution in [3.8, 4) is 17.2 Å². The predicted octanol–water partition coefficient (Wildman–Crippen LogP) is 6.77. The van der Waals surface area contributed by atoms with E-state index in [-0.39, 0.29) is 11.3 Å². The van der Waals surface area contributed by atoms with Gasteiger partial charge in [-0.15, -0.1) is 0 Å². The fourth-order valence-electron chi connectivity index (χ4n) is 4.53. The molecule has 1 fully saturated rings. The van der Waals surface area contributed by atoms with Gasteiger partial charge in [0.2, 0.25) is 0 Å². The second kappa shape index (κ2) is 11.6. The van der Waals surface area contributed by atoms with Crippen LogP contribution in [0.3, 0.4) is 0 Å². The Labute approximate surface area is 240 Å². The average Bonchev–Trinajstić information content (AvgIpc) is 3.49. The number of carbonyl (C=O) groups is 2. The number of aliphatic hydroxyl groups excluding tert-OH is 1. The lowest BCUT2D eigenvalue weighted by atomic mass is 9.95. The summed E-state index contributed by atoms with van der Waals surface area (Å²) < 4.78 is 17.7. The molecule has 8 nitrogen and oxygen atoms in total. The molecule has 0 spiro atoms. The van der Waals surface area contributed by atoms with Crippen molar-refractivity contribution in [1.82, 2.24) is 4.98 Å². The molecule has 206 valence electrons. The molecule has 1 atom stereocenters. The van der Waals surface area contributed by atoms with Crippen molar-refractivity contribution >= 4 is 55.7 Å². The number of benzene rings is 3. The van der Waals surface area contributed by atoms with Gasteiger partial charge in [0.05, 0.1) is 42.2 Å². The quantitative estimate of drug-likeness (QED) is 0.133. The third kappa shape index (κ3) is 5.10. The normalized spacial score (nSPS) is 16.5. The van der Waals surface area contributed by atoms with Crippen LogP contribution in [0.5, 0.6) is 17.2 Å². The van der Waals surface area contributed by atoms with E-state index in [9.17, 15) is 14.7 Å². The number of ketones is 1. The summed E-state index contributed by atoms with van der Waals surface area (Å²) in [5.41, 5.74) is 1.50. The Balaban J connectivity index is 1.70. The van der Waals surface area contributed by atoms with Gasteiger partial charge in [0, 0.05) is 10.6 Å². The Bertz CT molecular complexity index is 1610. The number of thiazole rings is 1. The van der Waals surface area contributed by atoms with Gasteiger partial charge in [-0.2, -0.15) is 0 Å². The van der Waals surface area contributed by atoms with Gasteiger partial charge in [-0.1, -0.05) is 35.9 Å². The molecule has 1 amide bonds. The Morgan fingerprint density at radius 2 is 1.80 bits per heavy atom. The van der Waals surface area contributed by atoms with Crippen LogP contribution in [0.15, 0.2) is 66.2 Å². The van der Waals surface area contributed by atoms with Gasteiger partial charge in [0.1, 0.15) is 11.5 Å². The molecule has 10 heteroatoms. The maximum Gasteiger partial charge on any atom is 0.301 e. The van der Waals surface area contributed by atoms with Gasteiger partial charge >= 0.3 is 5.91 Å². The second-order valence-corrected chi connectivity index (χ2v) is 10.4. The van der Waals surface area contributed by atoms with Crippen molar-refractivity contribution in [2.75, 3.05) is 25.2 Å². The number of rotatable bonds is 9. The molecule has 1 aliphatic rings. The highest BCUT2D eigenvalue weighted by Gasteiger charge is 2.48. The summed E-state index contributed by atoms with van der Waals surface area (Å²) in [6.07, 6.45) is 0.816. The van der Waals surface area contributed by atoms with Crippen LogP contribution in [0.2, 0.25) is 5.02 Å². The van der Waals surface area contributed by atoms with Gasteiger partial charge in [-0.3, -0.25) is 14.5 Å². The van der Waals surface area contributed by atoms with E-state index in [0.717, 1.165) is 11.1 Å². The number of ether oxygens (including phenoxy) is 3. The summed E-state index contributed by atoms with van der Waals surface area (Å²) in [5, 5.41) is 12.3. The van der Waals surface area contributed by atoms with E-state index in [1.807, 2.05) is 13.8 Å². The Morgan fingerprint density at radius 3 is 2.50 bits per heavy atom. The molecule has 3 aromatic carbocycles. The highest BCUT2D eigenvalue weighted by molar-refractivity contribution is 7.22. The molecular weight excluding hydrogens is 552 g/mol. The first-order valence-electron chi connectivity index (χ1n) is 12.8. The third-order valence-corrected chi connectivity index (χ3v) is 7.65. The van der Waals surface area contributed by atoms with Crippen molar-refractivity contribution in [3.63, 3.8) is 0 Å². The van der Waals surface area contributed by atoms with Crippen molar-refractivity contribution < 1.29 is 28.9 Å². The van der Waals surface area contributed by atoms with E-state index in [0.29, 0.717) is 57.3 Å². The molecule has 0 saturated carbocycles. The van der Waals surface area contributed by atoms with Crippen LogP contribution in [-0.4, -0.2) is 42.1 Å². The highest BCUT2D eigenvalue weighted by atomic mass is 35.5. The zero-order chi connectivity index (χ0) is 28.4. The molecule has 4 aromatic rings. The number of fused-ring (bicyclic) bond motifs is 1. The molecule has 1 N–H and O–H groups in total. The molecule has 40 heavy (non-hydrogen) atoms. The molecule has 2 heterocycles. The minimum absolute atomic E-state index is 0.0582. The number of hydrogen-bond acceptors (Lipinski definition) is 8. The second-order valence-electron chi connectivity index (χ2n) is 8.99. The van der Waals surface area contributed by atoms with Crippen LogP contribution >= 0.6 is 22.9 Å². The molecular formula is C30H27ClN2O6S. The first-order valence-corrected chi connectivity index (χ1v) is 14.0. The minimum Gasteiger partial charge on any atom is -0.507 e. The first-order chi connectivity index (χ1) is 19.4. The monoisotopic (exact) mass is 578 g/mol. The maximum atomic E-state index is 13.6. The zero-order valence-corrected chi connectivity index (χ0v) is 23.7. The first kappa shape index (κ1) is 27.5. The number of aromatic nitrogens is 1. The van der Waals surface area contributed by atoms with Crippen molar-refractivity contribution in [1.29, 1.82) is 0 Å². The van der Waals surface area contributed by atoms with Crippen molar-refractivity contribution in [2.45, 2.75) is 26.3 Å². The lowest BCUT2D eigenvalue weighted by Gasteiger charge is -2.24. The van der Waals surface area contributed by atoms with Crippen LogP contribution < -0.4 is 19.1 Å². The predicted molar refractivity (Wildman–Crippen MR) is 156 cm³/mol. The highest BCUT2D eigenvalue weighted by Crippen LogP contribution is 2.46. The molecule has 0 aliphatic carbocycles. The van der Waals surface area contributed by atoms with Gasteiger partial charge in [0.15, 0.2) is 16.6 Å². The van der Waals surface area contributed by atoms with Gasteiger partial charge in [-0.05, 0) is 73.5 Å². The Hall–Kier alpha value is -4.08. The number of hydrogen-bond donors (Lipinski definition) is 1. The number of aliphatic hydroxyl groups is 1. The number of amides is 1. The number of methoxy groups -OCH3 is 1. The van der Waals surface area contributed by atoms with E-state index < -0.39 is 17.7 Å². The number of carbonyl (C=O) groups excluding carboxylic acids is 2. The summed E-state index contributed by atoms with van der Waals surface area (Å²) in [4.78, 5) is 33.1. The van der Waals surface area contributed by atoms with Gasteiger partial charge in [0.25, 0.3) is 5.78 Å². The lowest BCUT2D eigenvalue weighted by Crippen LogP contribution is -2.29. The molecule has 1 unspecified atom stereocenters. The van der Waals surface area contributed by atoms with E-state index in [1.165, 1.54) is 23.3 Å². The summed E-state index contributed by atoms with van der Waals surface area (Å²) in [5.74, 6) is -0.309. The molecule has 1 aliphatic heterocycles. The molecule has 1 saturated heterocycles. The number of anilines is 1. The minimum atomic E-state index is -0.974. The number of nitrogens with zero attached hydrogens (tertiary/aromatic N) is 2. The molecule has 0 bridgehead atoms. The summed E-state index contributed by atoms with van der Waals surface area (Å²) in [7, 11) is 1.54. The summed E-state index contributed by atoms with van der Waals surface area (Å²) in [6, 6.07) is 16.1. The lowest BCUT2D eigenvalue weighted by molar-refractivity contribution is -0.132. The van der Waals surface area contributed by atoms with Gasteiger partial charge < -0.3 is 19.3 Å². The van der Waals surface area contributed by atoms with Crippen LogP contribution in [0.4, 0.5) is 5.13 Å². The average molecular weight is 579 g/mol. The topological polar surface area (TPSA) is 98.2 Å². The van der Waals surface area contributed by atoms with Gasteiger partial charge in [-0.25, -0.2) is 4.98 Å². The molecule has 0 radical (unpaired) electrons. The van der Waals surface area contributed by atoms with Crippen LogP contribution in [0.1, 0.15) is 37.4 Å². The largest absolute Gasteiger partial charge is 0.507 e. The fourth-order valence-corrected chi connectivity index (χ4v) is 5.80. The van der Waals surface area contributed by atoms with Crippen molar-refractivity contribution in [2.24, 2.45) is 0 Å². The Morgan fingerprint density at radius 1 is 1.02 bits per heavy atom. The maximum absolute atomic E-state index is 13.6. The number of Topliss-reactive ketones (excluding diaryl/α,β-unsaturated/α-hetero) is 1. The van der Waals surface area contributed by atoms with E-state index in [2.05, 4.69) is 4.98 Å². The summed E-state index contributed by atoms with van der Waals surface area (Å²) >= 11 is 7.42. The van der Waals surface area contributed by atoms with Crippen LogP contribution in [0.25, 0.3) is 16.0 Å². The molecule has 1 aromatic heterocycles. The van der Waals surface area contributed by atoms with E-state index in [1.54, 1.807) is 60.7 Å². The van der Waals surface area contributed by atoms with Crippen LogP contribution in [-0.2, 0) is 9.59 Å². The third-order valence-electron chi connectivity index (χ3n) is 6.40. The SMILES string of the molecule is CCCOc1ccc(C2/C(=C(\O)c3ccc(OC)cc3)C(=O)C(=O)N2c2nc3ccc(Cl)cc3s2)cc1OCC. The molecule has 5 rings (SSSR count). The van der Waals surface area contributed by atoms with Crippen molar-refractivity contribution in [3.05, 3.63) is 82.4 Å². The fraction of sp³-hybridized carbons (Fsp3) is 0.233. The van der Waals surface area contributed by atoms with E-state index >= 15 is 0 Å². The smallest absolute Gasteiger partial charge is 0.301 e. The summed E-state index contributed by atoms with van der Waals surface area (Å²) in [6.45, 7) is 4.76.